The fourth-order valence-electron chi connectivity index (χ4n) is 1.68. The lowest BCUT2D eigenvalue weighted by molar-refractivity contribution is 0.00495. The van der Waals surface area contributed by atoms with Crippen molar-refractivity contribution in [2.45, 2.75) is 0 Å². The van der Waals surface area contributed by atoms with Crippen molar-refractivity contribution in [1.29, 1.82) is 0 Å². The van der Waals surface area contributed by atoms with E-state index in [0.717, 1.165) is 18.0 Å². The van der Waals surface area contributed by atoms with E-state index in [9.17, 15) is 0 Å². The van der Waals surface area contributed by atoms with Crippen molar-refractivity contribution >= 4 is 5.69 Å². The molecule has 0 aliphatic carbocycles. The van der Waals surface area contributed by atoms with Crippen molar-refractivity contribution in [2.75, 3.05) is 72.3 Å². The molecule has 0 unspecified atom stereocenters. The number of rotatable bonds is 14. The van der Waals surface area contributed by atoms with Gasteiger partial charge in [-0.05, 0) is 12.1 Å². The first-order chi connectivity index (χ1) is 10.9. The topological polar surface area (TPSA) is 58.2 Å². The minimum Gasteiger partial charge on any atom is -0.497 e. The molecule has 0 aliphatic rings. The van der Waals surface area contributed by atoms with Crippen molar-refractivity contribution in [2.24, 2.45) is 0 Å². The van der Waals surface area contributed by atoms with Crippen molar-refractivity contribution in [1.82, 2.24) is 0 Å². The highest BCUT2D eigenvalue weighted by atomic mass is 16.6. The number of methoxy groups -OCH3 is 2. The third-order valence-corrected chi connectivity index (χ3v) is 2.82. The monoisotopic (exact) mass is 313 g/mol. The first-order valence-corrected chi connectivity index (χ1v) is 7.47. The van der Waals surface area contributed by atoms with Crippen LogP contribution in [0.3, 0.4) is 0 Å². The number of anilines is 1. The van der Waals surface area contributed by atoms with Crippen molar-refractivity contribution in [3.8, 4) is 5.75 Å². The van der Waals surface area contributed by atoms with Crippen molar-refractivity contribution < 1.29 is 23.7 Å². The van der Waals surface area contributed by atoms with Crippen molar-refractivity contribution in [3.63, 3.8) is 0 Å². The summed E-state index contributed by atoms with van der Waals surface area (Å²) in [5.41, 5.74) is 1.02. The Morgan fingerprint density at radius 1 is 0.818 bits per heavy atom. The van der Waals surface area contributed by atoms with Gasteiger partial charge in [-0.3, -0.25) is 0 Å². The maximum atomic E-state index is 5.48. The molecule has 6 nitrogen and oxygen atoms in total. The lowest BCUT2D eigenvalue weighted by atomic mass is 10.3. The van der Waals surface area contributed by atoms with Gasteiger partial charge in [0.1, 0.15) is 5.75 Å². The van der Waals surface area contributed by atoms with Gasteiger partial charge in [-0.2, -0.15) is 0 Å². The summed E-state index contributed by atoms with van der Waals surface area (Å²) in [6, 6.07) is 7.81. The van der Waals surface area contributed by atoms with Gasteiger partial charge in [0.05, 0.1) is 53.4 Å². The predicted molar refractivity (Wildman–Crippen MR) is 85.8 cm³/mol. The number of ether oxygens (including phenoxy) is 5. The van der Waals surface area contributed by atoms with Crippen LogP contribution in [0, 0.1) is 0 Å². The van der Waals surface area contributed by atoms with Crippen LogP contribution in [0.1, 0.15) is 0 Å². The summed E-state index contributed by atoms with van der Waals surface area (Å²) in [7, 11) is 3.31. The van der Waals surface area contributed by atoms with E-state index < -0.39 is 0 Å². The van der Waals surface area contributed by atoms with Crippen molar-refractivity contribution in [3.05, 3.63) is 24.3 Å². The summed E-state index contributed by atoms with van der Waals surface area (Å²) >= 11 is 0. The molecule has 1 aromatic rings. The highest BCUT2D eigenvalue weighted by molar-refractivity contribution is 5.47. The largest absolute Gasteiger partial charge is 0.497 e. The van der Waals surface area contributed by atoms with E-state index in [0.29, 0.717) is 46.2 Å². The summed E-state index contributed by atoms with van der Waals surface area (Å²) in [6.45, 7) is 4.91. The molecule has 0 heterocycles. The molecular formula is C16H27NO5. The van der Waals surface area contributed by atoms with Gasteiger partial charge in [0, 0.05) is 25.4 Å². The average molecular weight is 313 g/mol. The Kier molecular flexibility index (Phi) is 11.3. The maximum Gasteiger partial charge on any atom is 0.120 e. The zero-order valence-corrected chi connectivity index (χ0v) is 13.5. The average Bonchev–Trinajstić information content (AvgIpc) is 2.56. The molecule has 0 aromatic heterocycles. The first-order valence-electron chi connectivity index (χ1n) is 7.47. The third kappa shape index (κ3) is 9.57. The fraction of sp³-hybridized carbons (Fsp3) is 0.625. The van der Waals surface area contributed by atoms with Gasteiger partial charge in [-0.25, -0.2) is 0 Å². The summed E-state index contributed by atoms with van der Waals surface area (Å²) in [4.78, 5) is 0. The zero-order valence-electron chi connectivity index (χ0n) is 13.5. The van der Waals surface area contributed by atoms with Gasteiger partial charge in [0.2, 0.25) is 0 Å². The van der Waals surface area contributed by atoms with Crippen LogP contribution in [0.15, 0.2) is 24.3 Å². The normalized spacial score (nSPS) is 10.6. The summed E-state index contributed by atoms with van der Waals surface area (Å²) in [6.07, 6.45) is 0. The van der Waals surface area contributed by atoms with Crippen LogP contribution < -0.4 is 10.1 Å². The second-order valence-electron chi connectivity index (χ2n) is 4.49. The molecule has 0 radical (unpaired) electrons. The smallest absolute Gasteiger partial charge is 0.120 e. The number of hydrogen-bond acceptors (Lipinski definition) is 6. The standard InChI is InChI=1S/C16H27NO5/c1-18-8-9-21-12-13-22-11-10-20-7-6-17-15-4-3-5-16(14-15)19-2/h3-5,14,17H,6-13H2,1-2H3. The van der Waals surface area contributed by atoms with Crippen LogP contribution in [0.2, 0.25) is 0 Å². The van der Waals surface area contributed by atoms with E-state index in [4.69, 9.17) is 23.7 Å². The van der Waals surface area contributed by atoms with Gasteiger partial charge in [0.25, 0.3) is 0 Å². The number of benzene rings is 1. The molecule has 0 amide bonds. The molecule has 126 valence electrons. The Morgan fingerprint density at radius 2 is 1.45 bits per heavy atom. The SMILES string of the molecule is COCCOCCOCCOCCNc1cccc(OC)c1. The van der Waals surface area contributed by atoms with Gasteiger partial charge < -0.3 is 29.0 Å². The molecule has 0 fully saturated rings. The molecule has 1 aromatic carbocycles. The van der Waals surface area contributed by atoms with Gasteiger partial charge in [-0.15, -0.1) is 0 Å². The van der Waals surface area contributed by atoms with Gasteiger partial charge >= 0.3 is 0 Å². The van der Waals surface area contributed by atoms with E-state index >= 15 is 0 Å². The summed E-state index contributed by atoms with van der Waals surface area (Å²) in [5, 5.41) is 3.27. The Bertz CT molecular complexity index is 375. The van der Waals surface area contributed by atoms with E-state index in [1.807, 2.05) is 24.3 Å². The molecule has 0 aliphatic heterocycles. The van der Waals surface area contributed by atoms with E-state index in [1.54, 1.807) is 14.2 Å². The predicted octanol–water partition coefficient (Wildman–Crippen LogP) is 1.80. The first kappa shape index (κ1) is 18.7. The Labute approximate surface area is 132 Å². The number of hydrogen-bond donors (Lipinski definition) is 1. The molecule has 0 atom stereocenters. The third-order valence-electron chi connectivity index (χ3n) is 2.82. The zero-order chi connectivity index (χ0) is 15.9. The highest BCUT2D eigenvalue weighted by Gasteiger charge is 1.95. The summed E-state index contributed by atoms with van der Waals surface area (Å²) in [5.74, 6) is 0.840. The Morgan fingerprint density at radius 3 is 2.09 bits per heavy atom. The minimum atomic E-state index is 0.576. The van der Waals surface area contributed by atoms with Gasteiger partial charge in [-0.1, -0.05) is 6.07 Å². The molecule has 1 rings (SSSR count). The number of nitrogens with one attached hydrogen (secondary N) is 1. The van der Waals surface area contributed by atoms with Crippen LogP contribution >= 0.6 is 0 Å². The molecule has 0 saturated carbocycles. The second kappa shape index (κ2) is 13.3. The minimum absolute atomic E-state index is 0.576. The second-order valence-corrected chi connectivity index (χ2v) is 4.49. The van der Waals surface area contributed by atoms with E-state index in [1.165, 1.54) is 0 Å². The maximum absolute atomic E-state index is 5.48. The lowest BCUT2D eigenvalue weighted by Gasteiger charge is -2.09. The van der Waals surface area contributed by atoms with Crippen LogP contribution in [-0.2, 0) is 18.9 Å². The molecule has 6 heteroatoms. The quantitative estimate of drug-likeness (QED) is 0.529. The van der Waals surface area contributed by atoms with Gasteiger partial charge in [0.15, 0.2) is 0 Å². The molecule has 22 heavy (non-hydrogen) atoms. The summed E-state index contributed by atoms with van der Waals surface area (Å²) < 4.78 is 26.2. The Hall–Kier alpha value is -1.34. The molecule has 0 bridgehead atoms. The molecule has 1 N–H and O–H groups in total. The Balaban J connectivity index is 1.87. The fourth-order valence-corrected chi connectivity index (χ4v) is 1.68. The molecule has 0 saturated heterocycles. The lowest BCUT2D eigenvalue weighted by Crippen LogP contribution is -2.14. The van der Waals surface area contributed by atoms with Crippen LogP contribution in [0.25, 0.3) is 0 Å². The van der Waals surface area contributed by atoms with E-state index in [2.05, 4.69) is 5.32 Å². The van der Waals surface area contributed by atoms with Crippen LogP contribution in [0.5, 0.6) is 5.75 Å². The van der Waals surface area contributed by atoms with Crippen LogP contribution in [0.4, 0.5) is 5.69 Å². The highest BCUT2D eigenvalue weighted by Crippen LogP contribution is 2.16. The molecule has 0 spiro atoms. The van der Waals surface area contributed by atoms with Crippen LogP contribution in [-0.4, -0.2) is 67.0 Å². The van der Waals surface area contributed by atoms with E-state index in [-0.39, 0.29) is 0 Å². The molecular weight excluding hydrogens is 286 g/mol.